The summed E-state index contributed by atoms with van der Waals surface area (Å²) < 4.78 is 11.1. The number of benzene rings is 1. The van der Waals surface area contributed by atoms with Gasteiger partial charge in [0, 0.05) is 18.7 Å². The van der Waals surface area contributed by atoms with Crippen molar-refractivity contribution in [1.82, 2.24) is 4.90 Å². The molecule has 0 aromatic heterocycles. The predicted octanol–water partition coefficient (Wildman–Crippen LogP) is 1.28. The Morgan fingerprint density at radius 1 is 1.25 bits per heavy atom. The molecule has 1 saturated heterocycles. The zero-order valence-electron chi connectivity index (χ0n) is 15.3. The van der Waals surface area contributed by atoms with Gasteiger partial charge in [-0.15, -0.1) is 0 Å². The molecular weight excluding hydrogens is 305 g/mol. The standard InChI is InChI=1S/C18H27BNO4/c1-13-12-14(19-24-18(4,5)17(2,3)22)6-7-15(13)16(21)20-8-10-23-11-9-20/h6-7,12,22H,8-11H2,1-5H3. The van der Waals surface area contributed by atoms with E-state index < -0.39 is 11.2 Å². The van der Waals surface area contributed by atoms with Gasteiger partial charge in [0.15, 0.2) is 0 Å². The van der Waals surface area contributed by atoms with Crippen molar-refractivity contribution in [2.45, 2.75) is 45.8 Å². The molecule has 0 saturated carbocycles. The molecular formula is C18H27BNO4. The molecule has 0 bridgehead atoms. The van der Waals surface area contributed by atoms with Gasteiger partial charge in [0.2, 0.25) is 0 Å². The third-order valence-corrected chi connectivity index (χ3v) is 4.74. The number of carbonyl (C=O) groups excluding carboxylic acids is 1. The van der Waals surface area contributed by atoms with E-state index in [-0.39, 0.29) is 5.91 Å². The molecule has 0 spiro atoms. The number of carbonyl (C=O) groups is 1. The van der Waals surface area contributed by atoms with Crippen molar-refractivity contribution >= 4 is 18.9 Å². The molecule has 5 nitrogen and oxygen atoms in total. The highest BCUT2D eigenvalue weighted by molar-refractivity contribution is 6.47. The molecule has 6 heteroatoms. The van der Waals surface area contributed by atoms with Crippen molar-refractivity contribution in [3.63, 3.8) is 0 Å². The van der Waals surface area contributed by atoms with E-state index in [0.717, 1.165) is 11.0 Å². The summed E-state index contributed by atoms with van der Waals surface area (Å²) >= 11 is 0. The van der Waals surface area contributed by atoms with Gasteiger partial charge in [-0.05, 0) is 46.2 Å². The quantitative estimate of drug-likeness (QED) is 0.826. The molecule has 1 heterocycles. The number of aliphatic hydroxyl groups is 1. The lowest BCUT2D eigenvalue weighted by Gasteiger charge is -2.37. The van der Waals surface area contributed by atoms with Crippen LogP contribution >= 0.6 is 0 Å². The first-order valence-electron chi connectivity index (χ1n) is 8.33. The highest BCUT2D eigenvalue weighted by atomic mass is 16.5. The molecule has 1 fully saturated rings. The Bertz CT molecular complexity index is 589. The third-order valence-electron chi connectivity index (χ3n) is 4.74. The van der Waals surface area contributed by atoms with Crippen molar-refractivity contribution in [2.75, 3.05) is 26.3 Å². The van der Waals surface area contributed by atoms with Crippen LogP contribution < -0.4 is 5.46 Å². The van der Waals surface area contributed by atoms with Crippen LogP contribution in [0.4, 0.5) is 0 Å². The second-order valence-corrected chi connectivity index (χ2v) is 7.28. The Hall–Kier alpha value is -1.37. The van der Waals surface area contributed by atoms with Crippen LogP contribution in [-0.4, -0.2) is 60.9 Å². The maximum atomic E-state index is 12.6. The zero-order valence-corrected chi connectivity index (χ0v) is 15.3. The van der Waals surface area contributed by atoms with Crippen LogP contribution in [0.3, 0.4) is 0 Å². The SMILES string of the molecule is Cc1cc([B]OC(C)(C)C(C)(C)O)ccc1C(=O)N1CCOCC1. The molecule has 24 heavy (non-hydrogen) atoms. The van der Waals surface area contributed by atoms with E-state index in [4.69, 9.17) is 9.39 Å². The average Bonchev–Trinajstić information content (AvgIpc) is 2.52. The number of rotatable bonds is 5. The predicted molar refractivity (Wildman–Crippen MR) is 94.8 cm³/mol. The summed E-state index contributed by atoms with van der Waals surface area (Å²) in [4.78, 5) is 14.4. The molecule has 1 aromatic rings. The van der Waals surface area contributed by atoms with Crippen LogP contribution in [0.25, 0.3) is 0 Å². The van der Waals surface area contributed by atoms with Crippen LogP contribution in [0.5, 0.6) is 0 Å². The number of aryl methyl sites for hydroxylation is 1. The monoisotopic (exact) mass is 332 g/mol. The summed E-state index contributed by atoms with van der Waals surface area (Å²) in [6.45, 7) is 11.5. The topological polar surface area (TPSA) is 59.0 Å². The van der Waals surface area contributed by atoms with Crippen LogP contribution in [0, 0.1) is 6.92 Å². The summed E-state index contributed by atoms with van der Waals surface area (Å²) in [6, 6.07) is 5.62. The molecule has 1 aliphatic rings. The lowest BCUT2D eigenvalue weighted by atomic mass is 9.81. The average molecular weight is 332 g/mol. The summed E-state index contributed by atoms with van der Waals surface area (Å²) in [5, 5.41) is 10.1. The Morgan fingerprint density at radius 2 is 1.88 bits per heavy atom. The minimum Gasteiger partial charge on any atom is -0.427 e. The van der Waals surface area contributed by atoms with Gasteiger partial charge in [0.05, 0.1) is 24.4 Å². The molecule has 1 radical (unpaired) electrons. The first kappa shape index (κ1) is 19.0. The van der Waals surface area contributed by atoms with Crippen molar-refractivity contribution in [1.29, 1.82) is 0 Å². The van der Waals surface area contributed by atoms with Gasteiger partial charge in [-0.25, -0.2) is 0 Å². The Morgan fingerprint density at radius 3 is 2.42 bits per heavy atom. The fourth-order valence-electron chi connectivity index (χ4n) is 2.30. The van der Waals surface area contributed by atoms with Gasteiger partial charge in [0.25, 0.3) is 5.91 Å². The van der Waals surface area contributed by atoms with Gasteiger partial charge in [0.1, 0.15) is 0 Å². The maximum Gasteiger partial charge on any atom is 0.330 e. The fraction of sp³-hybridized carbons (Fsp3) is 0.611. The van der Waals surface area contributed by atoms with E-state index in [2.05, 4.69) is 0 Å². The molecule has 0 unspecified atom stereocenters. The first-order valence-corrected chi connectivity index (χ1v) is 8.33. The second-order valence-electron chi connectivity index (χ2n) is 7.28. The van der Waals surface area contributed by atoms with E-state index >= 15 is 0 Å². The van der Waals surface area contributed by atoms with Gasteiger partial charge in [-0.3, -0.25) is 4.79 Å². The summed E-state index contributed by atoms with van der Waals surface area (Å²) in [7, 11) is 1.63. The van der Waals surface area contributed by atoms with Crippen molar-refractivity contribution in [3.8, 4) is 0 Å². The molecule has 0 atom stereocenters. The first-order chi connectivity index (χ1) is 11.1. The fourth-order valence-corrected chi connectivity index (χ4v) is 2.30. The number of amides is 1. The molecule has 131 valence electrons. The summed E-state index contributed by atoms with van der Waals surface area (Å²) in [5.41, 5.74) is 0.789. The van der Waals surface area contributed by atoms with Crippen molar-refractivity contribution in [3.05, 3.63) is 29.3 Å². The smallest absolute Gasteiger partial charge is 0.330 e. The largest absolute Gasteiger partial charge is 0.427 e. The Balaban J connectivity index is 2.05. The van der Waals surface area contributed by atoms with E-state index in [1.54, 1.807) is 21.3 Å². The number of morpholine rings is 1. The molecule has 1 aliphatic heterocycles. The highest BCUT2D eigenvalue weighted by Gasteiger charge is 2.35. The number of hydrogen-bond acceptors (Lipinski definition) is 4. The highest BCUT2D eigenvalue weighted by Crippen LogP contribution is 2.24. The van der Waals surface area contributed by atoms with E-state index in [9.17, 15) is 9.90 Å². The van der Waals surface area contributed by atoms with E-state index in [1.807, 2.05) is 43.9 Å². The minimum absolute atomic E-state index is 0.0417. The van der Waals surface area contributed by atoms with Gasteiger partial charge >= 0.3 is 7.48 Å². The normalized spacial score (nSPS) is 16.2. The molecule has 2 rings (SSSR count). The zero-order chi connectivity index (χ0) is 18.0. The maximum absolute atomic E-state index is 12.6. The third kappa shape index (κ3) is 4.38. The van der Waals surface area contributed by atoms with Crippen LogP contribution in [-0.2, 0) is 9.39 Å². The van der Waals surface area contributed by atoms with Gasteiger partial charge < -0.3 is 19.4 Å². The van der Waals surface area contributed by atoms with E-state index in [0.29, 0.717) is 31.9 Å². The number of ether oxygens (including phenoxy) is 1. The lowest BCUT2D eigenvalue weighted by molar-refractivity contribution is -0.0893. The van der Waals surface area contributed by atoms with Crippen LogP contribution in [0.2, 0.25) is 0 Å². The van der Waals surface area contributed by atoms with Gasteiger partial charge in [-0.2, -0.15) is 0 Å². The van der Waals surface area contributed by atoms with E-state index in [1.165, 1.54) is 0 Å². The molecule has 1 aromatic carbocycles. The van der Waals surface area contributed by atoms with Crippen molar-refractivity contribution in [2.24, 2.45) is 0 Å². The minimum atomic E-state index is -0.967. The van der Waals surface area contributed by atoms with Crippen LogP contribution in [0.15, 0.2) is 18.2 Å². The molecule has 1 amide bonds. The Labute approximate surface area is 145 Å². The summed E-state index contributed by atoms with van der Waals surface area (Å²) in [6.07, 6.45) is 0. The Kier molecular flexibility index (Phi) is 5.73. The number of hydrogen-bond donors (Lipinski definition) is 1. The number of nitrogens with zero attached hydrogens (tertiary/aromatic N) is 1. The van der Waals surface area contributed by atoms with Gasteiger partial charge in [-0.1, -0.05) is 17.6 Å². The second kappa shape index (κ2) is 7.25. The molecule has 1 N–H and O–H groups in total. The molecule has 0 aliphatic carbocycles. The lowest BCUT2D eigenvalue weighted by Crippen LogP contribution is -2.49. The van der Waals surface area contributed by atoms with Crippen LogP contribution in [0.1, 0.15) is 43.6 Å². The van der Waals surface area contributed by atoms with Crippen molar-refractivity contribution < 1.29 is 19.3 Å². The summed E-state index contributed by atoms with van der Waals surface area (Å²) in [5.74, 6) is 0.0417.